The minimum atomic E-state index is -4.60. The SMILES string of the molecule is Cc1ccnc(SC(CC(=O)O)C(F)(F)F)n1. The number of nitrogens with zero attached hydrogens (tertiary/aromatic N) is 2. The van der Waals surface area contributed by atoms with Crippen LogP contribution in [0, 0.1) is 6.92 Å². The summed E-state index contributed by atoms with van der Waals surface area (Å²) < 4.78 is 37.6. The predicted molar refractivity (Wildman–Crippen MR) is 54.7 cm³/mol. The summed E-state index contributed by atoms with van der Waals surface area (Å²) in [5.41, 5.74) is 0.527. The fourth-order valence-electron chi connectivity index (χ4n) is 0.993. The Morgan fingerprint density at radius 3 is 2.71 bits per heavy atom. The zero-order chi connectivity index (χ0) is 13.1. The number of rotatable bonds is 4. The van der Waals surface area contributed by atoms with Crippen LogP contribution in [0.25, 0.3) is 0 Å². The van der Waals surface area contributed by atoms with Gasteiger partial charge in [0, 0.05) is 11.9 Å². The number of hydrogen-bond acceptors (Lipinski definition) is 4. The van der Waals surface area contributed by atoms with E-state index in [2.05, 4.69) is 9.97 Å². The van der Waals surface area contributed by atoms with Gasteiger partial charge in [-0.3, -0.25) is 4.79 Å². The lowest BCUT2D eigenvalue weighted by atomic mass is 10.3. The Morgan fingerprint density at radius 2 is 2.24 bits per heavy atom. The number of aryl methyl sites for hydroxylation is 1. The molecule has 94 valence electrons. The van der Waals surface area contributed by atoms with Gasteiger partial charge in [0.05, 0.1) is 6.42 Å². The molecule has 0 saturated carbocycles. The second kappa shape index (κ2) is 5.35. The van der Waals surface area contributed by atoms with Gasteiger partial charge in [0.1, 0.15) is 5.25 Å². The van der Waals surface area contributed by atoms with Crippen molar-refractivity contribution in [2.24, 2.45) is 0 Å². The zero-order valence-corrected chi connectivity index (χ0v) is 9.55. The van der Waals surface area contributed by atoms with E-state index in [1.807, 2.05) is 0 Å². The van der Waals surface area contributed by atoms with Gasteiger partial charge < -0.3 is 5.11 Å². The molecule has 0 bridgehead atoms. The first kappa shape index (κ1) is 13.8. The molecule has 0 aromatic carbocycles. The third-order valence-corrected chi connectivity index (χ3v) is 2.87. The van der Waals surface area contributed by atoms with Crippen LogP contribution < -0.4 is 0 Å². The molecule has 1 aromatic heterocycles. The molecule has 4 nitrogen and oxygen atoms in total. The van der Waals surface area contributed by atoms with Crippen molar-refractivity contribution in [2.45, 2.75) is 29.9 Å². The number of halogens is 3. The van der Waals surface area contributed by atoms with Gasteiger partial charge >= 0.3 is 12.1 Å². The number of carboxylic acid groups (broad SMARTS) is 1. The van der Waals surface area contributed by atoms with Crippen molar-refractivity contribution < 1.29 is 23.1 Å². The third-order valence-electron chi connectivity index (χ3n) is 1.75. The molecule has 17 heavy (non-hydrogen) atoms. The van der Waals surface area contributed by atoms with Crippen LogP contribution >= 0.6 is 11.8 Å². The van der Waals surface area contributed by atoms with Crippen LogP contribution in [-0.4, -0.2) is 32.5 Å². The van der Waals surface area contributed by atoms with Crippen LogP contribution in [0.5, 0.6) is 0 Å². The first-order chi connectivity index (χ1) is 7.79. The molecule has 1 aromatic rings. The quantitative estimate of drug-likeness (QED) is 0.669. The van der Waals surface area contributed by atoms with E-state index < -0.39 is 23.8 Å². The summed E-state index contributed by atoms with van der Waals surface area (Å²) >= 11 is 0.310. The van der Waals surface area contributed by atoms with E-state index in [4.69, 9.17) is 5.11 Å². The lowest BCUT2D eigenvalue weighted by Crippen LogP contribution is -2.28. The Hall–Kier alpha value is -1.31. The summed E-state index contributed by atoms with van der Waals surface area (Å²) in [7, 11) is 0. The van der Waals surface area contributed by atoms with Gasteiger partial charge in [0.15, 0.2) is 5.16 Å². The summed E-state index contributed by atoms with van der Waals surface area (Å²) in [6, 6.07) is 1.55. The second-order valence-electron chi connectivity index (χ2n) is 3.23. The van der Waals surface area contributed by atoms with Gasteiger partial charge in [-0.05, 0) is 13.0 Å². The number of hydrogen-bond donors (Lipinski definition) is 1. The summed E-state index contributed by atoms with van der Waals surface area (Å²) in [5, 5.41) is 6.31. The average molecular weight is 266 g/mol. The minimum Gasteiger partial charge on any atom is -0.481 e. The van der Waals surface area contributed by atoms with Crippen LogP contribution in [0.1, 0.15) is 12.1 Å². The topological polar surface area (TPSA) is 63.1 Å². The van der Waals surface area contributed by atoms with Gasteiger partial charge in [-0.1, -0.05) is 11.8 Å². The summed E-state index contributed by atoms with van der Waals surface area (Å²) in [4.78, 5) is 17.8. The van der Waals surface area contributed by atoms with E-state index in [1.165, 1.54) is 6.20 Å². The number of carboxylic acids is 1. The Labute approximate surface area is 99.3 Å². The Morgan fingerprint density at radius 1 is 1.59 bits per heavy atom. The fraction of sp³-hybridized carbons (Fsp3) is 0.444. The smallest absolute Gasteiger partial charge is 0.401 e. The van der Waals surface area contributed by atoms with E-state index in [-0.39, 0.29) is 5.16 Å². The third kappa shape index (κ3) is 4.59. The number of alkyl halides is 3. The molecule has 0 radical (unpaired) electrons. The molecule has 0 saturated heterocycles. The van der Waals surface area contributed by atoms with Gasteiger partial charge in [-0.25, -0.2) is 9.97 Å². The maximum absolute atomic E-state index is 12.5. The fourth-order valence-corrected chi connectivity index (χ4v) is 1.93. The van der Waals surface area contributed by atoms with Crippen molar-refractivity contribution in [1.29, 1.82) is 0 Å². The molecule has 8 heteroatoms. The lowest BCUT2D eigenvalue weighted by Gasteiger charge is -2.16. The van der Waals surface area contributed by atoms with E-state index in [9.17, 15) is 18.0 Å². The summed E-state index contributed by atoms with van der Waals surface area (Å²) in [6.45, 7) is 1.62. The largest absolute Gasteiger partial charge is 0.481 e. The molecule has 1 heterocycles. The standard InChI is InChI=1S/C9H9F3N2O2S/c1-5-2-3-13-8(14-5)17-6(4-7(15)16)9(10,11)12/h2-3,6H,4H2,1H3,(H,15,16). The van der Waals surface area contributed by atoms with Gasteiger partial charge in [0.2, 0.25) is 0 Å². The normalized spacial score (nSPS) is 13.4. The second-order valence-corrected chi connectivity index (χ2v) is 4.40. The highest BCUT2D eigenvalue weighted by atomic mass is 32.2. The molecule has 0 aliphatic heterocycles. The van der Waals surface area contributed by atoms with Crippen molar-refractivity contribution in [2.75, 3.05) is 0 Å². The van der Waals surface area contributed by atoms with E-state index in [0.29, 0.717) is 17.5 Å². The van der Waals surface area contributed by atoms with Crippen LogP contribution in [0.15, 0.2) is 17.4 Å². The lowest BCUT2D eigenvalue weighted by molar-refractivity contribution is -0.149. The van der Waals surface area contributed by atoms with Gasteiger partial charge in [0.25, 0.3) is 0 Å². The molecular weight excluding hydrogens is 257 g/mol. The van der Waals surface area contributed by atoms with Crippen LogP contribution in [-0.2, 0) is 4.79 Å². The Kier molecular flexibility index (Phi) is 4.33. The molecule has 1 rings (SSSR count). The average Bonchev–Trinajstić information content (AvgIpc) is 2.14. The van der Waals surface area contributed by atoms with Gasteiger partial charge in [-0.2, -0.15) is 13.2 Å². The molecule has 0 amide bonds. The molecule has 1 unspecified atom stereocenters. The number of carbonyl (C=O) groups is 1. The Balaban J connectivity index is 2.83. The molecule has 1 N–H and O–H groups in total. The first-order valence-corrected chi connectivity index (χ1v) is 5.42. The molecule has 0 aliphatic rings. The first-order valence-electron chi connectivity index (χ1n) is 4.54. The predicted octanol–water partition coefficient (Wildman–Crippen LogP) is 2.28. The minimum absolute atomic E-state index is 0.0754. The van der Waals surface area contributed by atoms with Crippen LogP contribution in [0.4, 0.5) is 13.2 Å². The maximum Gasteiger partial charge on any atom is 0.401 e. The van der Waals surface area contributed by atoms with Crippen molar-refractivity contribution >= 4 is 17.7 Å². The molecule has 0 fully saturated rings. The highest BCUT2D eigenvalue weighted by Crippen LogP contribution is 2.35. The number of aromatic nitrogens is 2. The Bertz CT molecular complexity index is 411. The summed E-state index contributed by atoms with van der Waals surface area (Å²) in [5.74, 6) is -1.51. The molecular formula is C9H9F3N2O2S. The molecule has 0 aliphatic carbocycles. The van der Waals surface area contributed by atoms with E-state index in [1.54, 1.807) is 13.0 Å². The van der Waals surface area contributed by atoms with Gasteiger partial charge in [-0.15, -0.1) is 0 Å². The number of aliphatic carboxylic acids is 1. The number of thioether (sulfide) groups is 1. The van der Waals surface area contributed by atoms with Crippen molar-refractivity contribution in [3.05, 3.63) is 18.0 Å². The highest BCUT2D eigenvalue weighted by molar-refractivity contribution is 7.99. The van der Waals surface area contributed by atoms with E-state index in [0.717, 1.165) is 0 Å². The van der Waals surface area contributed by atoms with E-state index >= 15 is 0 Å². The highest BCUT2D eigenvalue weighted by Gasteiger charge is 2.42. The van der Waals surface area contributed by atoms with Crippen molar-refractivity contribution in [1.82, 2.24) is 9.97 Å². The van der Waals surface area contributed by atoms with Crippen molar-refractivity contribution in [3.8, 4) is 0 Å². The van der Waals surface area contributed by atoms with Crippen LogP contribution in [0.3, 0.4) is 0 Å². The molecule has 0 spiro atoms. The van der Waals surface area contributed by atoms with Crippen LogP contribution in [0.2, 0.25) is 0 Å². The maximum atomic E-state index is 12.5. The zero-order valence-electron chi connectivity index (χ0n) is 8.73. The summed E-state index contributed by atoms with van der Waals surface area (Å²) in [6.07, 6.45) is -4.28. The molecule has 1 atom stereocenters. The van der Waals surface area contributed by atoms with Crippen molar-refractivity contribution in [3.63, 3.8) is 0 Å². The monoisotopic (exact) mass is 266 g/mol.